The number of benzene rings is 1. The van der Waals surface area contributed by atoms with Gasteiger partial charge in [-0.2, -0.15) is 13.2 Å². The van der Waals surface area contributed by atoms with Gasteiger partial charge in [-0.25, -0.2) is 28.9 Å². The fraction of sp³-hybridized carbons (Fsp3) is 0.238. The van der Waals surface area contributed by atoms with Crippen molar-refractivity contribution in [2.75, 3.05) is 0 Å². The molecule has 0 saturated heterocycles. The predicted molar refractivity (Wildman–Crippen MR) is 112 cm³/mol. The number of carbonyl (C=O) groups is 1. The largest absolute Gasteiger partial charge is 0.465 e. The van der Waals surface area contributed by atoms with Crippen LogP contribution in [-0.2, 0) is 10.3 Å². The van der Waals surface area contributed by atoms with Crippen LogP contribution in [0.3, 0.4) is 0 Å². The van der Waals surface area contributed by atoms with Crippen molar-refractivity contribution < 1.29 is 41.1 Å². The van der Waals surface area contributed by atoms with Crippen LogP contribution in [-0.4, -0.2) is 39.6 Å². The van der Waals surface area contributed by atoms with Gasteiger partial charge in [0.2, 0.25) is 0 Å². The second-order valence-corrected chi connectivity index (χ2v) is 8.16. The summed E-state index contributed by atoms with van der Waals surface area (Å²) in [7, 11) is 0. The van der Waals surface area contributed by atoms with Crippen LogP contribution in [0.2, 0.25) is 5.02 Å². The number of hydrogen-bond acceptors (Lipinski definition) is 6. The molecule has 0 saturated carbocycles. The van der Waals surface area contributed by atoms with Gasteiger partial charge in [0, 0.05) is 29.8 Å². The zero-order chi connectivity index (χ0) is 25.5. The van der Waals surface area contributed by atoms with Crippen molar-refractivity contribution in [3.63, 3.8) is 0 Å². The molecule has 2 aromatic heterocycles. The average molecular weight is 517 g/mol. The second-order valence-electron chi connectivity index (χ2n) is 7.73. The number of ether oxygens (including phenoxy) is 1. The average Bonchev–Trinajstić information content (AvgIpc) is 3.22. The number of aromatic nitrogens is 2. The van der Waals surface area contributed by atoms with Gasteiger partial charge in [-0.1, -0.05) is 16.8 Å². The molecule has 2 N–H and O–H groups in total. The van der Waals surface area contributed by atoms with Crippen LogP contribution in [0.25, 0.3) is 22.7 Å². The number of nitrogens with one attached hydrogen (secondary N) is 1. The van der Waals surface area contributed by atoms with Crippen LogP contribution in [0, 0.1) is 11.6 Å². The fourth-order valence-corrected chi connectivity index (χ4v) is 3.70. The van der Waals surface area contributed by atoms with Crippen molar-refractivity contribution in [2.45, 2.75) is 31.2 Å². The summed E-state index contributed by atoms with van der Waals surface area (Å²) in [5, 5.41) is 14.3. The summed E-state index contributed by atoms with van der Waals surface area (Å²) in [5.41, 5.74) is -2.13. The highest BCUT2D eigenvalue weighted by Crippen LogP contribution is 2.42. The van der Waals surface area contributed by atoms with Crippen molar-refractivity contribution >= 4 is 23.7 Å². The minimum Gasteiger partial charge on any atom is -0.465 e. The molecule has 3 aromatic rings. The molecule has 0 spiro atoms. The molecule has 2 atom stereocenters. The van der Waals surface area contributed by atoms with E-state index in [2.05, 4.69) is 19.9 Å². The maximum Gasteiger partial charge on any atom is 0.425 e. The summed E-state index contributed by atoms with van der Waals surface area (Å²) in [6.45, 7) is 1.21. The quantitative estimate of drug-likeness (QED) is 0.443. The number of amides is 1. The van der Waals surface area contributed by atoms with E-state index in [-0.39, 0.29) is 33.3 Å². The summed E-state index contributed by atoms with van der Waals surface area (Å²) >= 11 is 5.69. The molecule has 3 heterocycles. The minimum absolute atomic E-state index is 0.000389. The maximum atomic E-state index is 14.8. The molecule has 4 rings (SSSR count). The smallest absolute Gasteiger partial charge is 0.425 e. The van der Waals surface area contributed by atoms with Gasteiger partial charge in [-0.15, -0.1) is 0 Å². The number of nitrogens with zero attached hydrogens (tertiary/aromatic N) is 3. The highest BCUT2D eigenvalue weighted by atomic mass is 35.5. The van der Waals surface area contributed by atoms with Crippen molar-refractivity contribution in [3.05, 3.63) is 58.7 Å². The lowest BCUT2D eigenvalue weighted by Crippen LogP contribution is -2.48. The van der Waals surface area contributed by atoms with Crippen molar-refractivity contribution in [2.24, 2.45) is 4.99 Å². The predicted octanol–water partition coefficient (Wildman–Crippen LogP) is 5.53. The first kappa shape index (κ1) is 24.4. The van der Waals surface area contributed by atoms with Crippen LogP contribution < -0.4 is 5.32 Å². The lowest BCUT2D eigenvalue weighted by Gasteiger charge is -2.36. The molecule has 1 aromatic carbocycles. The molecule has 8 nitrogen and oxygen atoms in total. The topological polar surface area (TPSA) is 110 Å². The maximum absolute atomic E-state index is 14.8. The number of rotatable bonds is 3. The van der Waals surface area contributed by atoms with Gasteiger partial charge in [0.1, 0.15) is 17.2 Å². The van der Waals surface area contributed by atoms with Gasteiger partial charge in [0.25, 0.3) is 6.02 Å². The van der Waals surface area contributed by atoms with Gasteiger partial charge in [0.15, 0.2) is 17.7 Å². The third-order valence-corrected chi connectivity index (χ3v) is 5.36. The molecule has 0 radical (unpaired) electrons. The molecular weight excluding hydrogens is 503 g/mol. The van der Waals surface area contributed by atoms with Crippen LogP contribution in [0.1, 0.15) is 18.9 Å². The van der Waals surface area contributed by atoms with Crippen LogP contribution >= 0.6 is 11.6 Å². The Morgan fingerprint density at radius 3 is 2.63 bits per heavy atom. The monoisotopic (exact) mass is 516 g/mol. The second kappa shape index (κ2) is 8.80. The Kier molecular flexibility index (Phi) is 6.13. The van der Waals surface area contributed by atoms with Gasteiger partial charge < -0.3 is 14.4 Å². The number of carboxylic acid groups (broad SMARTS) is 1. The minimum atomic E-state index is -4.88. The van der Waals surface area contributed by atoms with Gasteiger partial charge in [-0.05, 0) is 31.2 Å². The Balaban J connectivity index is 1.75. The summed E-state index contributed by atoms with van der Waals surface area (Å²) in [6, 6.07) is 4.85. The molecule has 1 amide bonds. The highest BCUT2D eigenvalue weighted by Gasteiger charge is 2.50. The molecule has 1 aliphatic rings. The van der Waals surface area contributed by atoms with E-state index < -0.39 is 48.0 Å². The summed E-state index contributed by atoms with van der Waals surface area (Å²) in [5.74, 6) is -1.63. The lowest BCUT2D eigenvalue weighted by molar-refractivity contribution is -0.208. The molecule has 0 unspecified atom stereocenters. The van der Waals surface area contributed by atoms with Gasteiger partial charge in [0.05, 0.1) is 10.6 Å². The third-order valence-electron chi connectivity index (χ3n) is 5.16. The standard InChI is InChI=1S/C21H14ClF5N4O4/c1-20(7-16(21(25,26)27)34-18(30-20)29-19(32)33)11-4-9(2-3-12(11)23)15-6-14(31-35-15)17-13(24)5-10(22)8-28-17/h2-6,8,16H,7H2,1H3,(H,29,30)(H,32,33)/t16-,20-/m0/s1. The van der Waals surface area contributed by atoms with Crippen molar-refractivity contribution in [1.82, 2.24) is 15.5 Å². The molecule has 1 aliphatic heterocycles. The summed E-state index contributed by atoms with van der Waals surface area (Å²) < 4.78 is 79.2. The Bertz CT molecular complexity index is 1330. The van der Waals surface area contributed by atoms with E-state index in [1.54, 1.807) is 5.32 Å². The highest BCUT2D eigenvalue weighted by molar-refractivity contribution is 6.30. The number of amidine groups is 1. The van der Waals surface area contributed by atoms with Gasteiger partial charge in [-0.3, -0.25) is 0 Å². The summed E-state index contributed by atoms with van der Waals surface area (Å²) in [6.07, 6.45) is -8.67. The SMILES string of the molecule is C[C@@]1(c2cc(-c3cc(-c4ncc(Cl)cc4F)no3)ccc2F)C[C@@H](C(F)(F)F)OC(NC(=O)O)=N1. The van der Waals surface area contributed by atoms with E-state index in [0.717, 1.165) is 12.1 Å². The molecule has 0 aliphatic carbocycles. The molecule has 0 bridgehead atoms. The first-order chi connectivity index (χ1) is 16.4. The zero-order valence-electron chi connectivity index (χ0n) is 17.5. The Labute approximate surface area is 198 Å². The Morgan fingerprint density at radius 1 is 1.23 bits per heavy atom. The van der Waals surface area contributed by atoms with Crippen LogP contribution in [0.4, 0.5) is 26.7 Å². The third kappa shape index (κ3) is 5.04. The van der Waals surface area contributed by atoms with Crippen LogP contribution in [0.15, 0.2) is 46.0 Å². The number of pyridine rings is 1. The van der Waals surface area contributed by atoms with E-state index in [0.29, 0.717) is 0 Å². The van der Waals surface area contributed by atoms with E-state index in [1.807, 2.05) is 0 Å². The molecule has 184 valence electrons. The Morgan fingerprint density at radius 2 is 1.97 bits per heavy atom. The van der Waals surface area contributed by atoms with E-state index in [9.17, 15) is 26.7 Å². The molecule has 35 heavy (non-hydrogen) atoms. The van der Waals surface area contributed by atoms with Crippen molar-refractivity contribution in [3.8, 4) is 22.7 Å². The number of halogens is 6. The Hall–Kier alpha value is -3.74. The lowest BCUT2D eigenvalue weighted by atomic mass is 9.84. The van der Waals surface area contributed by atoms with E-state index in [4.69, 9.17) is 21.2 Å². The van der Waals surface area contributed by atoms with Crippen LogP contribution in [0.5, 0.6) is 0 Å². The number of alkyl halides is 3. The first-order valence-corrected chi connectivity index (χ1v) is 10.2. The van der Waals surface area contributed by atoms with E-state index in [1.165, 1.54) is 31.3 Å². The van der Waals surface area contributed by atoms with E-state index >= 15 is 0 Å². The van der Waals surface area contributed by atoms with Crippen molar-refractivity contribution in [1.29, 1.82) is 0 Å². The molecule has 14 heteroatoms. The van der Waals surface area contributed by atoms with Gasteiger partial charge >= 0.3 is 12.3 Å². The zero-order valence-corrected chi connectivity index (χ0v) is 18.3. The molecular formula is C21H14ClF5N4O4. The normalized spacial score (nSPS) is 20.2. The summed E-state index contributed by atoms with van der Waals surface area (Å²) in [4.78, 5) is 18.7. The first-order valence-electron chi connectivity index (χ1n) is 9.77. The fourth-order valence-electron chi connectivity index (χ4n) is 3.55. The number of hydrogen-bond donors (Lipinski definition) is 2. The number of aliphatic imine (C=N–C) groups is 1. The molecule has 0 fully saturated rings.